The Morgan fingerprint density at radius 3 is 2.71 bits per heavy atom. The van der Waals surface area contributed by atoms with Gasteiger partial charge in [-0.2, -0.15) is 12.6 Å². The Labute approximate surface area is 132 Å². The van der Waals surface area contributed by atoms with Crippen LogP contribution in [-0.2, 0) is 19.0 Å². The van der Waals surface area contributed by atoms with Gasteiger partial charge in [-0.3, -0.25) is 4.79 Å². The summed E-state index contributed by atoms with van der Waals surface area (Å²) in [6.07, 6.45) is 2.11. The maximum absolute atomic E-state index is 11.3. The first-order valence-corrected chi connectivity index (χ1v) is 8.05. The summed E-state index contributed by atoms with van der Waals surface area (Å²) in [6.45, 7) is 3.39. The van der Waals surface area contributed by atoms with Crippen LogP contribution in [0.2, 0.25) is 0 Å². The Balaban J connectivity index is 3.57. The predicted molar refractivity (Wildman–Crippen MR) is 84.6 cm³/mol. The number of carbonyl (C=O) groups is 1. The molecule has 7 heteroatoms. The van der Waals surface area contributed by atoms with E-state index < -0.39 is 6.29 Å². The highest BCUT2D eigenvalue weighted by molar-refractivity contribution is 7.80. The summed E-state index contributed by atoms with van der Waals surface area (Å²) in [5.74, 6) is 0.704. The smallest absolute Gasteiger partial charge is 0.220 e. The zero-order valence-corrected chi connectivity index (χ0v) is 13.9. The number of methoxy groups -OCH3 is 1. The van der Waals surface area contributed by atoms with Gasteiger partial charge in [-0.25, -0.2) is 0 Å². The standard InChI is InChI=1S/C14H29NO5S/c1-3-12(10-16)20-14(18-2)11-19-8-5-4-6-13(17)15-7-9-21/h12,14,16,21H,3-11H2,1-2H3,(H,15,17). The first kappa shape index (κ1) is 20.7. The predicted octanol–water partition coefficient (Wildman–Crippen LogP) is 0.979. The molecule has 0 aromatic rings. The normalized spacial score (nSPS) is 13.9. The van der Waals surface area contributed by atoms with E-state index >= 15 is 0 Å². The van der Waals surface area contributed by atoms with Crippen molar-refractivity contribution in [3.8, 4) is 0 Å². The summed E-state index contributed by atoms with van der Waals surface area (Å²) in [5.41, 5.74) is 0. The fraction of sp³-hybridized carbons (Fsp3) is 0.929. The fourth-order valence-corrected chi connectivity index (χ4v) is 1.71. The Kier molecular flexibility index (Phi) is 14.4. The summed E-state index contributed by atoms with van der Waals surface area (Å²) in [5, 5.41) is 11.8. The number of ether oxygens (including phenoxy) is 3. The van der Waals surface area contributed by atoms with Gasteiger partial charge in [-0.15, -0.1) is 0 Å². The SMILES string of the molecule is CCC(CO)OC(COCCCCC(=O)NCCS)OC. The first-order valence-electron chi connectivity index (χ1n) is 7.42. The molecule has 0 bridgehead atoms. The zero-order valence-electron chi connectivity index (χ0n) is 13.0. The van der Waals surface area contributed by atoms with Crippen molar-refractivity contribution >= 4 is 18.5 Å². The van der Waals surface area contributed by atoms with E-state index in [4.69, 9.17) is 19.3 Å². The minimum atomic E-state index is -0.471. The van der Waals surface area contributed by atoms with Crippen LogP contribution in [0.5, 0.6) is 0 Å². The molecule has 0 saturated carbocycles. The Hall–Kier alpha value is -0.340. The number of rotatable bonds is 14. The van der Waals surface area contributed by atoms with Gasteiger partial charge < -0.3 is 24.6 Å². The van der Waals surface area contributed by atoms with Crippen molar-refractivity contribution in [1.82, 2.24) is 5.32 Å². The third-order valence-corrected chi connectivity index (χ3v) is 3.12. The highest BCUT2D eigenvalue weighted by Gasteiger charge is 2.14. The quantitative estimate of drug-likeness (QED) is 0.252. The van der Waals surface area contributed by atoms with Gasteiger partial charge in [0.2, 0.25) is 5.91 Å². The summed E-state index contributed by atoms with van der Waals surface area (Å²) in [6, 6.07) is 0. The van der Waals surface area contributed by atoms with Crippen molar-refractivity contribution in [2.75, 3.05) is 39.2 Å². The van der Waals surface area contributed by atoms with Gasteiger partial charge in [0.15, 0.2) is 6.29 Å². The van der Waals surface area contributed by atoms with Gasteiger partial charge in [0.1, 0.15) is 0 Å². The third kappa shape index (κ3) is 11.9. The monoisotopic (exact) mass is 323 g/mol. The highest BCUT2D eigenvalue weighted by Crippen LogP contribution is 2.05. The third-order valence-electron chi connectivity index (χ3n) is 2.90. The number of carbonyl (C=O) groups excluding carboxylic acids is 1. The lowest BCUT2D eigenvalue weighted by atomic mass is 10.2. The Morgan fingerprint density at radius 1 is 1.38 bits per heavy atom. The molecular formula is C14H29NO5S. The van der Waals surface area contributed by atoms with Crippen molar-refractivity contribution < 1.29 is 24.1 Å². The van der Waals surface area contributed by atoms with E-state index in [1.54, 1.807) is 7.11 Å². The molecule has 0 saturated heterocycles. The number of aliphatic hydroxyl groups excluding tert-OH is 1. The van der Waals surface area contributed by atoms with E-state index in [1.165, 1.54) is 0 Å². The van der Waals surface area contributed by atoms with Gasteiger partial charge in [-0.1, -0.05) is 6.92 Å². The highest BCUT2D eigenvalue weighted by atomic mass is 32.1. The van der Waals surface area contributed by atoms with Gasteiger partial charge in [0, 0.05) is 32.4 Å². The molecule has 0 aromatic carbocycles. The molecule has 126 valence electrons. The average molecular weight is 323 g/mol. The molecule has 2 atom stereocenters. The van der Waals surface area contributed by atoms with Crippen molar-refractivity contribution in [2.24, 2.45) is 0 Å². The molecule has 21 heavy (non-hydrogen) atoms. The number of amides is 1. The minimum Gasteiger partial charge on any atom is -0.394 e. The van der Waals surface area contributed by atoms with E-state index in [9.17, 15) is 4.79 Å². The van der Waals surface area contributed by atoms with E-state index in [0.717, 1.165) is 19.3 Å². The molecule has 0 fully saturated rings. The molecule has 0 aliphatic heterocycles. The molecule has 0 aliphatic carbocycles. The second kappa shape index (κ2) is 14.6. The number of aliphatic hydroxyl groups is 1. The van der Waals surface area contributed by atoms with Crippen LogP contribution in [0.25, 0.3) is 0 Å². The van der Waals surface area contributed by atoms with Gasteiger partial charge >= 0.3 is 0 Å². The van der Waals surface area contributed by atoms with E-state index in [0.29, 0.717) is 31.9 Å². The van der Waals surface area contributed by atoms with Gasteiger partial charge in [0.25, 0.3) is 0 Å². The zero-order chi connectivity index (χ0) is 15.9. The second-order valence-electron chi connectivity index (χ2n) is 4.62. The van der Waals surface area contributed by atoms with Gasteiger partial charge in [0.05, 0.1) is 19.3 Å². The average Bonchev–Trinajstić information content (AvgIpc) is 2.51. The van der Waals surface area contributed by atoms with Crippen molar-refractivity contribution in [3.05, 3.63) is 0 Å². The first-order chi connectivity index (χ1) is 10.2. The lowest BCUT2D eigenvalue weighted by molar-refractivity contribution is -0.190. The molecule has 0 aliphatic rings. The molecule has 0 aromatic heterocycles. The van der Waals surface area contributed by atoms with Crippen LogP contribution in [0.4, 0.5) is 0 Å². The number of unbranched alkanes of at least 4 members (excludes halogenated alkanes) is 1. The fourth-order valence-electron chi connectivity index (χ4n) is 1.60. The van der Waals surface area contributed by atoms with Crippen molar-refractivity contribution in [1.29, 1.82) is 0 Å². The van der Waals surface area contributed by atoms with Crippen LogP contribution in [0, 0.1) is 0 Å². The molecule has 1 amide bonds. The summed E-state index contributed by atoms with van der Waals surface area (Å²) < 4.78 is 16.1. The van der Waals surface area contributed by atoms with Crippen LogP contribution in [-0.4, -0.2) is 62.6 Å². The summed E-state index contributed by atoms with van der Waals surface area (Å²) in [4.78, 5) is 11.3. The number of hydrogen-bond donors (Lipinski definition) is 3. The van der Waals surface area contributed by atoms with Crippen LogP contribution in [0.1, 0.15) is 32.6 Å². The Bertz CT molecular complexity index is 252. The van der Waals surface area contributed by atoms with Gasteiger partial charge in [-0.05, 0) is 19.3 Å². The lowest BCUT2D eigenvalue weighted by Crippen LogP contribution is -2.30. The molecular weight excluding hydrogens is 294 g/mol. The lowest BCUT2D eigenvalue weighted by Gasteiger charge is -2.21. The summed E-state index contributed by atoms with van der Waals surface area (Å²) in [7, 11) is 1.55. The molecule has 0 heterocycles. The van der Waals surface area contributed by atoms with Crippen LogP contribution >= 0.6 is 12.6 Å². The topological polar surface area (TPSA) is 77.0 Å². The molecule has 2 N–H and O–H groups in total. The minimum absolute atomic E-state index is 0.0300. The van der Waals surface area contributed by atoms with E-state index in [-0.39, 0.29) is 18.6 Å². The molecule has 0 spiro atoms. The van der Waals surface area contributed by atoms with Crippen molar-refractivity contribution in [2.45, 2.75) is 45.0 Å². The van der Waals surface area contributed by atoms with E-state index in [2.05, 4.69) is 17.9 Å². The maximum atomic E-state index is 11.3. The summed E-state index contributed by atoms with van der Waals surface area (Å²) >= 11 is 4.02. The largest absolute Gasteiger partial charge is 0.394 e. The molecule has 6 nitrogen and oxygen atoms in total. The number of hydrogen-bond acceptors (Lipinski definition) is 6. The van der Waals surface area contributed by atoms with E-state index in [1.807, 2.05) is 6.92 Å². The Morgan fingerprint density at radius 2 is 2.14 bits per heavy atom. The molecule has 2 unspecified atom stereocenters. The molecule has 0 radical (unpaired) electrons. The van der Waals surface area contributed by atoms with Crippen molar-refractivity contribution in [3.63, 3.8) is 0 Å². The second-order valence-corrected chi connectivity index (χ2v) is 5.07. The number of thiol groups is 1. The van der Waals surface area contributed by atoms with Crippen LogP contribution < -0.4 is 5.32 Å². The molecule has 0 rings (SSSR count). The maximum Gasteiger partial charge on any atom is 0.220 e. The number of nitrogens with one attached hydrogen (secondary N) is 1. The van der Waals surface area contributed by atoms with Crippen LogP contribution in [0.15, 0.2) is 0 Å². The van der Waals surface area contributed by atoms with Crippen LogP contribution in [0.3, 0.4) is 0 Å².